The van der Waals surface area contributed by atoms with Gasteiger partial charge in [-0.05, 0) is 26.3 Å². The number of hydrogen-bond acceptors (Lipinski definition) is 6. The fourth-order valence-corrected chi connectivity index (χ4v) is 2.39. The van der Waals surface area contributed by atoms with Crippen LogP contribution in [0.1, 0.15) is 39.0 Å². The number of methoxy groups -OCH3 is 1. The van der Waals surface area contributed by atoms with Crippen LogP contribution >= 0.6 is 0 Å². The smallest absolute Gasteiger partial charge is 0.308 e. The summed E-state index contributed by atoms with van der Waals surface area (Å²) in [5.74, 6) is -0.335. The highest BCUT2D eigenvalue weighted by atomic mass is 16.5. The van der Waals surface area contributed by atoms with Crippen LogP contribution in [0.25, 0.3) is 0 Å². The molecule has 0 saturated carbocycles. The Kier molecular flexibility index (Phi) is 9.01. The maximum Gasteiger partial charge on any atom is 0.308 e. The largest absolute Gasteiger partial charge is 0.469 e. The van der Waals surface area contributed by atoms with Gasteiger partial charge in [0.05, 0.1) is 32.8 Å². The first-order valence-corrected chi connectivity index (χ1v) is 7.72. The van der Waals surface area contributed by atoms with Gasteiger partial charge in [-0.15, -0.1) is 0 Å². The normalized spacial score (nSPS) is 19.2. The van der Waals surface area contributed by atoms with E-state index < -0.39 is 0 Å². The Labute approximate surface area is 126 Å². The van der Waals surface area contributed by atoms with Gasteiger partial charge in [0, 0.05) is 19.5 Å². The zero-order valence-corrected chi connectivity index (χ0v) is 13.1. The monoisotopic (exact) mass is 301 g/mol. The van der Waals surface area contributed by atoms with Gasteiger partial charge in [-0.1, -0.05) is 6.42 Å². The number of carbonyl (C=O) groups is 2. The van der Waals surface area contributed by atoms with Crippen molar-refractivity contribution >= 4 is 11.9 Å². The highest BCUT2D eigenvalue weighted by Crippen LogP contribution is 2.11. The van der Waals surface area contributed by atoms with Crippen molar-refractivity contribution < 1.29 is 23.8 Å². The summed E-state index contributed by atoms with van der Waals surface area (Å²) in [4.78, 5) is 24.7. The molecule has 1 aliphatic heterocycles. The number of rotatable bonds is 9. The van der Waals surface area contributed by atoms with E-state index in [1.54, 1.807) is 0 Å². The highest BCUT2D eigenvalue weighted by Gasteiger charge is 2.22. The summed E-state index contributed by atoms with van der Waals surface area (Å²) >= 11 is 0. The van der Waals surface area contributed by atoms with E-state index in [1.807, 2.05) is 6.92 Å². The lowest BCUT2D eigenvalue weighted by atomic mass is 10.1. The number of esters is 2. The lowest BCUT2D eigenvalue weighted by Crippen LogP contribution is -2.43. The van der Waals surface area contributed by atoms with Crippen molar-refractivity contribution in [2.75, 3.05) is 40.0 Å². The molecular formula is C15H27NO5. The molecule has 1 fully saturated rings. The van der Waals surface area contributed by atoms with E-state index in [4.69, 9.17) is 9.47 Å². The van der Waals surface area contributed by atoms with Gasteiger partial charge in [-0.25, -0.2) is 0 Å². The fourth-order valence-electron chi connectivity index (χ4n) is 2.39. The molecule has 6 nitrogen and oxygen atoms in total. The Morgan fingerprint density at radius 2 is 2.05 bits per heavy atom. The van der Waals surface area contributed by atoms with Gasteiger partial charge in [0.15, 0.2) is 0 Å². The maximum absolute atomic E-state index is 11.2. The van der Waals surface area contributed by atoms with E-state index in [0.29, 0.717) is 26.1 Å². The molecule has 1 unspecified atom stereocenters. The van der Waals surface area contributed by atoms with Crippen molar-refractivity contribution in [3.63, 3.8) is 0 Å². The van der Waals surface area contributed by atoms with Gasteiger partial charge < -0.3 is 14.2 Å². The average Bonchev–Trinajstić information content (AvgIpc) is 2.47. The van der Waals surface area contributed by atoms with E-state index in [1.165, 1.54) is 7.11 Å². The van der Waals surface area contributed by atoms with Gasteiger partial charge in [0.1, 0.15) is 0 Å². The van der Waals surface area contributed by atoms with Crippen LogP contribution in [0.15, 0.2) is 0 Å². The minimum Gasteiger partial charge on any atom is -0.469 e. The average molecular weight is 301 g/mol. The van der Waals surface area contributed by atoms with Crippen LogP contribution in [0, 0.1) is 0 Å². The summed E-state index contributed by atoms with van der Waals surface area (Å²) in [5, 5.41) is 0. The van der Waals surface area contributed by atoms with Gasteiger partial charge in [-0.2, -0.15) is 0 Å². The first-order valence-electron chi connectivity index (χ1n) is 7.72. The van der Waals surface area contributed by atoms with Gasteiger partial charge >= 0.3 is 11.9 Å². The predicted molar refractivity (Wildman–Crippen MR) is 77.9 cm³/mol. The molecule has 1 saturated heterocycles. The van der Waals surface area contributed by atoms with Crippen LogP contribution in [0.4, 0.5) is 0 Å². The number of ether oxygens (including phenoxy) is 3. The third-order valence-corrected chi connectivity index (χ3v) is 3.51. The summed E-state index contributed by atoms with van der Waals surface area (Å²) in [6, 6.07) is 0. The van der Waals surface area contributed by atoms with Crippen molar-refractivity contribution in [1.82, 2.24) is 4.90 Å². The first kappa shape index (κ1) is 17.9. The molecule has 1 atom stereocenters. The van der Waals surface area contributed by atoms with Crippen molar-refractivity contribution in [2.24, 2.45) is 0 Å². The molecule has 0 aromatic rings. The summed E-state index contributed by atoms with van der Waals surface area (Å²) < 4.78 is 15.1. The van der Waals surface area contributed by atoms with Crippen LogP contribution in [-0.2, 0) is 23.8 Å². The molecule has 0 N–H and O–H groups in total. The molecule has 21 heavy (non-hydrogen) atoms. The second-order valence-corrected chi connectivity index (χ2v) is 5.19. The van der Waals surface area contributed by atoms with Gasteiger partial charge in [-0.3, -0.25) is 14.5 Å². The number of unbranched alkanes of at least 4 members (excludes halogenated alkanes) is 2. The lowest BCUT2D eigenvalue weighted by molar-refractivity contribution is -0.145. The van der Waals surface area contributed by atoms with Crippen LogP contribution in [-0.4, -0.2) is 62.9 Å². The first-order chi connectivity index (χ1) is 10.2. The van der Waals surface area contributed by atoms with Crippen molar-refractivity contribution in [2.45, 2.75) is 45.1 Å². The molecule has 1 aliphatic rings. The quantitative estimate of drug-likeness (QED) is 0.473. The van der Waals surface area contributed by atoms with E-state index in [2.05, 4.69) is 9.64 Å². The molecule has 0 spiro atoms. The number of morpholine rings is 1. The number of hydrogen-bond donors (Lipinski definition) is 0. The zero-order valence-electron chi connectivity index (χ0n) is 13.1. The number of nitrogens with zero attached hydrogens (tertiary/aromatic N) is 1. The minimum absolute atomic E-state index is 0.0641. The zero-order chi connectivity index (χ0) is 15.5. The molecule has 1 rings (SSSR count). The van der Waals surface area contributed by atoms with Crippen molar-refractivity contribution in [3.05, 3.63) is 0 Å². The fraction of sp³-hybridized carbons (Fsp3) is 0.867. The Morgan fingerprint density at radius 3 is 2.76 bits per heavy atom. The molecule has 0 bridgehead atoms. The van der Waals surface area contributed by atoms with E-state index >= 15 is 0 Å². The molecule has 0 aromatic heterocycles. The van der Waals surface area contributed by atoms with E-state index in [-0.39, 0.29) is 18.0 Å². The topological polar surface area (TPSA) is 65.1 Å². The van der Waals surface area contributed by atoms with E-state index in [9.17, 15) is 9.59 Å². The van der Waals surface area contributed by atoms with E-state index in [0.717, 1.165) is 38.9 Å². The van der Waals surface area contributed by atoms with Gasteiger partial charge in [0.2, 0.25) is 0 Å². The Morgan fingerprint density at radius 1 is 1.24 bits per heavy atom. The molecule has 122 valence electrons. The van der Waals surface area contributed by atoms with Crippen LogP contribution in [0.2, 0.25) is 0 Å². The molecule has 0 amide bonds. The predicted octanol–water partition coefficient (Wildman–Crippen LogP) is 1.37. The lowest BCUT2D eigenvalue weighted by Gasteiger charge is -2.32. The summed E-state index contributed by atoms with van der Waals surface area (Å²) in [6.45, 7) is 5.58. The van der Waals surface area contributed by atoms with Crippen molar-refractivity contribution in [1.29, 1.82) is 0 Å². The number of carbonyl (C=O) groups excluding carboxylic acids is 2. The maximum atomic E-state index is 11.2. The standard InChI is InChI=1S/C15H27NO5/c1-3-20-14(17)7-5-4-6-8-16-9-10-21-13(12-16)11-15(18)19-2/h13H,3-12H2,1-2H3. The third-order valence-electron chi connectivity index (χ3n) is 3.51. The SMILES string of the molecule is CCOC(=O)CCCCCN1CCOC(CC(=O)OC)C1. The van der Waals surface area contributed by atoms with Gasteiger partial charge in [0.25, 0.3) is 0 Å². The second kappa shape index (κ2) is 10.6. The third kappa shape index (κ3) is 8.02. The van der Waals surface area contributed by atoms with Crippen molar-refractivity contribution in [3.8, 4) is 0 Å². The Hall–Kier alpha value is -1.14. The summed E-state index contributed by atoms with van der Waals surface area (Å²) in [7, 11) is 1.40. The summed E-state index contributed by atoms with van der Waals surface area (Å²) in [5.41, 5.74) is 0. The second-order valence-electron chi connectivity index (χ2n) is 5.19. The molecule has 0 aliphatic carbocycles. The Bertz CT molecular complexity index is 321. The molecule has 0 aromatic carbocycles. The molecule has 1 heterocycles. The molecular weight excluding hydrogens is 274 g/mol. The molecule has 6 heteroatoms. The van der Waals surface area contributed by atoms with Crippen LogP contribution < -0.4 is 0 Å². The van der Waals surface area contributed by atoms with Crippen LogP contribution in [0.3, 0.4) is 0 Å². The minimum atomic E-state index is -0.226. The molecule has 0 radical (unpaired) electrons. The summed E-state index contributed by atoms with van der Waals surface area (Å²) in [6.07, 6.45) is 3.68. The Balaban J connectivity index is 2.09. The van der Waals surface area contributed by atoms with Crippen LogP contribution in [0.5, 0.6) is 0 Å². The highest BCUT2D eigenvalue weighted by molar-refractivity contribution is 5.69.